The van der Waals surface area contributed by atoms with E-state index < -0.39 is 0 Å². The second-order valence-electron chi connectivity index (χ2n) is 2.96. The van der Waals surface area contributed by atoms with Gasteiger partial charge in [-0.05, 0) is 0 Å². The average molecular weight is 247 g/mol. The van der Waals surface area contributed by atoms with Crippen LogP contribution in [0.25, 0.3) is 0 Å². The van der Waals surface area contributed by atoms with E-state index >= 15 is 0 Å². The minimum Gasteiger partial charge on any atom is -0.475 e. The van der Waals surface area contributed by atoms with Gasteiger partial charge < -0.3 is 14.2 Å². The van der Waals surface area contributed by atoms with Crippen molar-refractivity contribution in [3.05, 3.63) is 17.5 Å². The number of methoxy groups -OCH3 is 1. The minimum atomic E-state index is 0.280. The number of nitrogens with zero attached hydrogens (tertiary/aromatic N) is 2. The third-order valence-corrected chi connectivity index (χ3v) is 1.99. The van der Waals surface area contributed by atoms with Crippen LogP contribution < -0.4 is 4.74 Å². The normalized spacial score (nSPS) is 10.4. The standard InChI is InChI=1S/C10H15ClN2O3/c1-14-7-8-15-5-2-6-16-10-9(11)12-3-4-13-10/h3-4H,2,5-8H2,1H3. The molecule has 0 saturated heterocycles. The van der Waals surface area contributed by atoms with Crippen LogP contribution in [0.2, 0.25) is 5.15 Å². The topological polar surface area (TPSA) is 53.5 Å². The molecule has 90 valence electrons. The molecule has 0 fully saturated rings. The maximum absolute atomic E-state index is 5.76. The fraction of sp³-hybridized carbons (Fsp3) is 0.600. The molecule has 6 heteroatoms. The molecule has 0 N–H and O–H groups in total. The smallest absolute Gasteiger partial charge is 0.252 e. The molecular formula is C10H15ClN2O3. The molecule has 5 nitrogen and oxygen atoms in total. The van der Waals surface area contributed by atoms with Crippen molar-refractivity contribution in [2.45, 2.75) is 6.42 Å². The molecule has 0 amide bonds. The van der Waals surface area contributed by atoms with Gasteiger partial charge in [0, 0.05) is 32.5 Å². The Bertz CT molecular complexity index is 299. The molecule has 1 aromatic heterocycles. The van der Waals surface area contributed by atoms with Gasteiger partial charge in [0.15, 0.2) is 5.15 Å². The van der Waals surface area contributed by atoms with E-state index in [1.807, 2.05) is 0 Å². The highest BCUT2D eigenvalue weighted by atomic mass is 35.5. The van der Waals surface area contributed by atoms with Crippen LogP contribution in [0.3, 0.4) is 0 Å². The van der Waals surface area contributed by atoms with Gasteiger partial charge in [0.05, 0.1) is 19.8 Å². The molecule has 1 heterocycles. The van der Waals surface area contributed by atoms with E-state index in [1.165, 1.54) is 12.4 Å². The van der Waals surface area contributed by atoms with E-state index in [-0.39, 0.29) is 5.15 Å². The van der Waals surface area contributed by atoms with E-state index in [9.17, 15) is 0 Å². The lowest BCUT2D eigenvalue weighted by molar-refractivity contribution is 0.0642. The average Bonchev–Trinajstić information content (AvgIpc) is 2.30. The minimum absolute atomic E-state index is 0.280. The summed E-state index contributed by atoms with van der Waals surface area (Å²) in [6.45, 7) is 2.34. The molecule has 0 unspecified atom stereocenters. The molecule has 1 rings (SSSR count). The molecule has 0 aliphatic heterocycles. The van der Waals surface area contributed by atoms with Crippen molar-refractivity contribution in [3.63, 3.8) is 0 Å². The van der Waals surface area contributed by atoms with E-state index in [1.54, 1.807) is 7.11 Å². The highest BCUT2D eigenvalue weighted by Crippen LogP contribution is 2.16. The summed E-state index contributed by atoms with van der Waals surface area (Å²) < 4.78 is 15.4. The van der Waals surface area contributed by atoms with Gasteiger partial charge in [0.2, 0.25) is 0 Å². The Morgan fingerprint density at radius 3 is 2.69 bits per heavy atom. The van der Waals surface area contributed by atoms with E-state index in [2.05, 4.69) is 9.97 Å². The van der Waals surface area contributed by atoms with Gasteiger partial charge in [-0.25, -0.2) is 9.97 Å². The van der Waals surface area contributed by atoms with E-state index in [4.69, 9.17) is 25.8 Å². The second-order valence-corrected chi connectivity index (χ2v) is 3.32. The SMILES string of the molecule is COCCOCCCOc1nccnc1Cl. The highest BCUT2D eigenvalue weighted by molar-refractivity contribution is 6.30. The summed E-state index contributed by atoms with van der Waals surface area (Å²) in [4.78, 5) is 7.80. The van der Waals surface area contributed by atoms with Crippen LogP contribution in [0.15, 0.2) is 12.4 Å². The highest BCUT2D eigenvalue weighted by Gasteiger charge is 2.02. The van der Waals surface area contributed by atoms with Gasteiger partial charge in [-0.2, -0.15) is 0 Å². The summed E-state index contributed by atoms with van der Waals surface area (Å²) in [6.07, 6.45) is 3.83. The Hall–Kier alpha value is -0.910. The first-order valence-electron chi connectivity index (χ1n) is 5.00. The van der Waals surface area contributed by atoms with Crippen LogP contribution in [-0.2, 0) is 9.47 Å². The van der Waals surface area contributed by atoms with Gasteiger partial charge in [-0.15, -0.1) is 0 Å². The lowest BCUT2D eigenvalue weighted by Crippen LogP contribution is -2.07. The Labute approximate surface area is 99.7 Å². The summed E-state index contributed by atoms with van der Waals surface area (Å²) in [7, 11) is 1.64. The van der Waals surface area contributed by atoms with E-state index in [0.717, 1.165) is 6.42 Å². The molecule has 0 saturated carbocycles. The van der Waals surface area contributed by atoms with Crippen LogP contribution in [0.4, 0.5) is 0 Å². The largest absolute Gasteiger partial charge is 0.475 e. The van der Waals surface area contributed by atoms with Gasteiger partial charge in [-0.1, -0.05) is 11.6 Å². The molecular weight excluding hydrogens is 232 g/mol. The Morgan fingerprint density at radius 2 is 1.94 bits per heavy atom. The summed E-state index contributed by atoms with van der Waals surface area (Å²) in [6, 6.07) is 0. The van der Waals surface area contributed by atoms with Gasteiger partial charge in [-0.3, -0.25) is 0 Å². The number of halogens is 1. The lowest BCUT2D eigenvalue weighted by atomic mass is 10.5. The summed E-state index contributed by atoms with van der Waals surface area (Å²) in [5.74, 6) is 0.362. The zero-order chi connectivity index (χ0) is 11.6. The summed E-state index contributed by atoms with van der Waals surface area (Å²) in [5.41, 5.74) is 0. The quantitative estimate of drug-likeness (QED) is 0.652. The monoisotopic (exact) mass is 246 g/mol. The lowest BCUT2D eigenvalue weighted by Gasteiger charge is -2.06. The van der Waals surface area contributed by atoms with Crippen LogP contribution >= 0.6 is 11.6 Å². The van der Waals surface area contributed by atoms with Crippen LogP contribution in [0.1, 0.15) is 6.42 Å². The number of aromatic nitrogens is 2. The number of ether oxygens (including phenoxy) is 3. The van der Waals surface area contributed by atoms with Gasteiger partial charge >= 0.3 is 0 Å². The Balaban J connectivity index is 2.05. The van der Waals surface area contributed by atoms with Crippen LogP contribution in [-0.4, -0.2) is 43.5 Å². The molecule has 0 atom stereocenters. The van der Waals surface area contributed by atoms with Crippen LogP contribution in [0.5, 0.6) is 5.88 Å². The van der Waals surface area contributed by atoms with Crippen LogP contribution in [0, 0.1) is 0 Å². The molecule has 0 aliphatic rings. The molecule has 16 heavy (non-hydrogen) atoms. The zero-order valence-electron chi connectivity index (χ0n) is 9.19. The van der Waals surface area contributed by atoms with Crippen molar-refractivity contribution in [3.8, 4) is 5.88 Å². The first-order valence-corrected chi connectivity index (χ1v) is 5.38. The second kappa shape index (κ2) is 8.27. The maximum Gasteiger partial charge on any atom is 0.252 e. The molecule has 0 aromatic carbocycles. The predicted octanol–water partition coefficient (Wildman–Crippen LogP) is 1.56. The zero-order valence-corrected chi connectivity index (χ0v) is 9.94. The molecule has 0 bridgehead atoms. The Morgan fingerprint density at radius 1 is 1.12 bits per heavy atom. The third-order valence-electron chi connectivity index (χ3n) is 1.73. The number of rotatable bonds is 8. The first-order chi connectivity index (χ1) is 7.84. The fourth-order valence-electron chi connectivity index (χ4n) is 0.979. The summed E-state index contributed by atoms with van der Waals surface area (Å²) >= 11 is 5.76. The van der Waals surface area contributed by atoms with Crippen molar-refractivity contribution >= 4 is 11.6 Å². The first kappa shape index (κ1) is 13.2. The van der Waals surface area contributed by atoms with Crippen molar-refractivity contribution < 1.29 is 14.2 Å². The molecule has 1 aromatic rings. The molecule has 0 aliphatic carbocycles. The molecule has 0 spiro atoms. The number of hydrogen-bond donors (Lipinski definition) is 0. The van der Waals surface area contributed by atoms with Crippen molar-refractivity contribution in [2.75, 3.05) is 33.5 Å². The fourth-order valence-corrected chi connectivity index (χ4v) is 1.14. The maximum atomic E-state index is 5.76. The number of hydrogen-bond acceptors (Lipinski definition) is 5. The third kappa shape index (κ3) is 5.25. The summed E-state index contributed by atoms with van der Waals surface area (Å²) in [5, 5.41) is 0.280. The Kier molecular flexibility index (Phi) is 6.80. The van der Waals surface area contributed by atoms with Gasteiger partial charge in [0.1, 0.15) is 0 Å². The molecule has 0 radical (unpaired) electrons. The van der Waals surface area contributed by atoms with Crippen molar-refractivity contribution in [1.29, 1.82) is 0 Å². The van der Waals surface area contributed by atoms with Gasteiger partial charge in [0.25, 0.3) is 5.88 Å². The predicted molar refractivity (Wildman–Crippen MR) is 59.8 cm³/mol. The van der Waals surface area contributed by atoms with E-state index in [0.29, 0.717) is 32.3 Å². The van der Waals surface area contributed by atoms with Crippen molar-refractivity contribution in [2.24, 2.45) is 0 Å². The van der Waals surface area contributed by atoms with Crippen molar-refractivity contribution in [1.82, 2.24) is 9.97 Å².